The molecule has 17 heavy (non-hydrogen) atoms. The summed E-state index contributed by atoms with van der Waals surface area (Å²) in [6.45, 7) is 5.07. The fraction of sp³-hybridized carbons (Fsp3) is 0.636. The van der Waals surface area contributed by atoms with E-state index in [1.54, 1.807) is 6.92 Å². The molecule has 1 aromatic heterocycles. The Bertz CT molecular complexity index is 390. The molecule has 1 aromatic rings. The van der Waals surface area contributed by atoms with Crippen LogP contribution in [-0.2, 0) is 29.5 Å². The number of nitrogens with one attached hydrogen (secondary N) is 1. The topological polar surface area (TPSA) is 56.1 Å². The Morgan fingerprint density at radius 2 is 2.24 bits per heavy atom. The molecule has 0 fully saturated rings. The van der Waals surface area contributed by atoms with Gasteiger partial charge in [-0.3, -0.25) is 9.48 Å². The highest BCUT2D eigenvalue weighted by Gasteiger charge is 2.12. The van der Waals surface area contributed by atoms with Crippen molar-refractivity contribution in [1.29, 1.82) is 0 Å². The van der Waals surface area contributed by atoms with Gasteiger partial charge in [0, 0.05) is 13.6 Å². The van der Waals surface area contributed by atoms with Crippen LogP contribution in [0.3, 0.4) is 0 Å². The fourth-order valence-corrected chi connectivity index (χ4v) is 2.26. The summed E-state index contributed by atoms with van der Waals surface area (Å²) < 4.78 is 7.66. The second kappa shape index (κ2) is 6.76. The molecular weight excluding hydrogens is 286 g/mol. The molecule has 1 heterocycles. The molecule has 0 amide bonds. The van der Waals surface area contributed by atoms with E-state index >= 15 is 0 Å². The van der Waals surface area contributed by atoms with Crippen molar-refractivity contribution in [2.24, 2.45) is 7.05 Å². The molecule has 1 N–H and O–H groups in total. The minimum absolute atomic E-state index is 0.215. The summed E-state index contributed by atoms with van der Waals surface area (Å²) in [6.07, 6.45) is 0.881. The lowest BCUT2D eigenvalue weighted by Crippen LogP contribution is -2.25. The highest BCUT2D eigenvalue weighted by atomic mass is 79.9. The SMILES string of the molecule is CCOC(=O)CNCc1c(Br)c(CC)nn1C. The van der Waals surface area contributed by atoms with Crippen LogP contribution in [0.2, 0.25) is 0 Å². The van der Waals surface area contributed by atoms with Gasteiger partial charge in [0.05, 0.1) is 29.0 Å². The van der Waals surface area contributed by atoms with Crippen LogP contribution in [0.5, 0.6) is 0 Å². The second-order valence-electron chi connectivity index (χ2n) is 3.59. The number of esters is 1. The summed E-state index contributed by atoms with van der Waals surface area (Å²) in [6, 6.07) is 0. The first-order chi connectivity index (χ1) is 8.10. The van der Waals surface area contributed by atoms with Crippen LogP contribution in [0.1, 0.15) is 25.2 Å². The number of nitrogens with zero attached hydrogens (tertiary/aromatic N) is 2. The lowest BCUT2D eigenvalue weighted by atomic mass is 10.3. The van der Waals surface area contributed by atoms with Gasteiger partial charge in [0.2, 0.25) is 0 Å². The maximum Gasteiger partial charge on any atom is 0.319 e. The molecule has 0 aliphatic carbocycles. The molecule has 0 saturated carbocycles. The van der Waals surface area contributed by atoms with E-state index in [1.165, 1.54) is 0 Å². The third-order valence-corrected chi connectivity index (χ3v) is 3.29. The Morgan fingerprint density at radius 1 is 1.53 bits per heavy atom. The van der Waals surface area contributed by atoms with Crippen molar-refractivity contribution in [2.75, 3.05) is 13.2 Å². The van der Waals surface area contributed by atoms with E-state index in [-0.39, 0.29) is 12.5 Å². The van der Waals surface area contributed by atoms with Gasteiger partial charge in [-0.15, -0.1) is 0 Å². The number of carbonyl (C=O) groups is 1. The van der Waals surface area contributed by atoms with E-state index in [0.29, 0.717) is 13.2 Å². The first kappa shape index (κ1) is 14.2. The third-order valence-electron chi connectivity index (χ3n) is 2.37. The van der Waals surface area contributed by atoms with Crippen LogP contribution in [0.25, 0.3) is 0 Å². The first-order valence-corrected chi connectivity index (χ1v) is 6.46. The van der Waals surface area contributed by atoms with Crippen molar-refractivity contribution < 1.29 is 9.53 Å². The molecule has 96 valence electrons. The van der Waals surface area contributed by atoms with Crippen molar-refractivity contribution in [3.8, 4) is 0 Å². The Balaban J connectivity index is 2.52. The van der Waals surface area contributed by atoms with Crippen molar-refractivity contribution in [1.82, 2.24) is 15.1 Å². The van der Waals surface area contributed by atoms with Crippen molar-refractivity contribution in [2.45, 2.75) is 26.8 Å². The van der Waals surface area contributed by atoms with Crippen LogP contribution >= 0.6 is 15.9 Å². The number of ether oxygens (including phenoxy) is 1. The summed E-state index contributed by atoms with van der Waals surface area (Å²) in [5.41, 5.74) is 2.06. The Morgan fingerprint density at radius 3 is 2.76 bits per heavy atom. The zero-order valence-electron chi connectivity index (χ0n) is 10.4. The fourth-order valence-electron chi connectivity index (χ4n) is 1.51. The van der Waals surface area contributed by atoms with E-state index in [9.17, 15) is 4.79 Å². The number of rotatable bonds is 6. The molecule has 1 rings (SSSR count). The standard InChI is InChI=1S/C11H18BrN3O2/c1-4-8-11(12)9(15(3)14-8)6-13-7-10(16)17-5-2/h13H,4-7H2,1-3H3. The Kier molecular flexibility index (Phi) is 5.64. The monoisotopic (exact) mass is 303 g/mol. The van der Waals surface area contributed by atoms with Crippen LogP contribution in [0.15, 0.2) is 4.47 Å². The van der Waals surface area contributed by atoms with Gasteiger partial charge in [0.1, 0.15) is 0 Å². The number of hydrogen-bond acceptors (Lipinski definition) is 4. The van der Waals surface area contributed by atoms with Gasteiger partial charge < -0.3 is 10.1 Å². The molecular formula is C11H18BrN3O2. The summed E-state index contributed by atoms with van der Waals surface area (Å²) in [4.78, 5) is 11.1. The molecule has 0 aromatic carbocycles. The van der Waals surface area contributed by atoms with Crippen LogP contribution in [0, 0.1) is 0 Å². The predicted octanol–water partition coefficient (Wildman–Crippen LogP) is 1.40. The smallest absolute Gasteiger partial charge is 0.319 e. The molecule has 0 bridgehead atoms. The van der Waals surface area contributed by atoms with E-state index < -0.39 is 0 Å². The van der Waals surface area contributed by atoms with E-state index in [2.05, 4.69) is 33.3 Å². The summed E-state index contributed by atoms with van der Waals surface area (Å²) in [7, 11) is 1.89. The first-order valence-electron chi connectivity index (χ1n) is 5.66. The largest absolute Gasteiger partial charge is 0.465 e. The Hall–Kier alpha value is -0.880. The molecule has 0 aliphatic heterocycles. The van der Waals surface area contributed by atoms with E-state index in [1.807, 2.05) is 11.7 Å². The molecule has 0 radical (unpaired) electrons. The second-order valence-corrected chi connectivity index (χ2v) is 4.39. The lowest BCUT2D eigenvalue weighted by Gasteiger charge is -2.05. The van der Waals surface area contributed by atoms with Crippen molar-refractivity contribution >= 4 is 21.9 Å². The summed E-state index contributed by atoms with van der Waals surface area (Å²) >= 11 is 3.52. The molecule has 0 atom stereocenters. The molecule has 0 aliphatic rings. The van der Waals surface area contributed by atoms with Crippen LogP contribution in [-0.4, -0.2) is 28.9 Å². The van der Waals surface area contributed by atoms with Crippen LogP contribution < -0.4 is 5.32 Å². The number of carbonyl (C=O) groups excluding carboxylic acids is 1. The lowest BCUT2D eigenvalue weighted by molar-refractivity contribution is -0.142. The maximum absolute atomic E-state index is 11.1. The number of halogens is 1. The quantitative estimate of drug-likeness (QED) is 0.807. The average Bonchev–Trinajstić information content (AvgIpc) is 2.56. The number of aryl methyl sites for hydroxylation is 2. The Labute approximate surface area is 110 Å². The van der Waals surface area contributed by atoms with Gasteiger partial charge in [-0.05, 0) is 29.3 Å². The van der Waals surface area contributed by atoms with Gasteiger partial charge >= 0.3 is 5.97 Å². The predicted molar refractivity (Wildman–Crippen MR) is 68.6 cm³/mol. The third kappa shape index (κ3) is 3.81. The number of aromatic nitrogens is 2. The van der Waals surface area contributed by atoms with Crippen LogP contribution in [0.4, 0.5) is 0 Å². The highest BCUT2D eigenvalue weighted by molar-refractivity contribution is 9.10. The van der Waals surface area contributed by atoms with E-state index in [4.69, 9.17) is 4.74 Å². The number of hydrogen-bond donors (Lipinski definition) is 1. The molecule has 5 nitrogen and oxygen atoms in total. The minimum Gasteiger partial charge on any atom is -0.465 e. The van der Waals surface area contributed by atoms with Gasteiger partial charge in [-0.1, -0.05) is 6.92 Å². The van der Waals surface area contributed by atoms with Gasteiger partial charge in [-0.2, -0.15) is 5.10 Å². The van der Waals surface area contributed by atoms with E-state index in [0.717, 1.165) is 22.3 Å². The summed E-state index contributed by atoms with van der Waals surface area (Å²) in [5, 5.41) is 7.42. The van der Waals surface area contributed by atoms with Crippen molar-refractivity contribution in [3.63, 3.8) is 0 Å². The normalized spacial score (nSPS) is 10.6. The minimum atomic E-state index is -0.235. The van der Waals surface area contributed by atoms with Gasteiger partial charge in [-0.25, -0.2) is 0 Å². The van der Waals surface area contributed by atoms with Gasteiger partial charge in [0.25, 0.3) is 0 Å². The molecule has 0 unspecified atom stereocenters. The average molecular weight is 304 g/mol. The zero-order chi connectivity index (χ0) is 12.8. The highest BCUT2D eigenvalue weighted by Crippen LogP contribution is 2.21. The maximum atomic E-state index is 11.1. The van der Waals surface area contributed by atoms with Crippen molar-refractivity contribution in [3.05, 3.63) is 15.9 Å². The van der Waals surface area contributed by atoms with Gasteiger partial charge in [0.15, 0.2) is 0 Å². The molecule has 0 spiro atoms. The molecule has 6 heteroatoms. The zero-order valence-corrected chi connectivity index (χ0v) is 12.0. The molecule has 0 saturated heterocycles. The summed E-state index contributed by atoms with van der Waals surface area (Å²) in [5.74, 6) is -0.235.